The number of rotatable bonds is 3. The van der Waals surface area contributed by atoms with Gasteiger partial charge in [-0.2, -0.15) is 5.10 Å². The number of nitrogens with zero attached hydrogens (tertiary/aromatic N) is 2. The summed E-state index contributed by atoms with van der Waals surface area (Å²) < 4.78 is 2.51. The van der Waals surface area contributed by atoms with E-state index in [0.29, 0.717) is 17.9 Å². The number of aromatic nitrogens is 2. The fraction of sp³-hybridized carbons (Fsp3) is 0.167. The van der Waals surface area contributed by atoms with Crippen LogP contribution in [0.25, 0.3) is 0 Å². The monoisotopic (exact) mass is 308 g/mol. The maximum absolute atomic E-state index is 11.9. The Labute approximate surface area is 113 Å². The van der Waals surface area contributed by atoms with Crippen LogP contribution in [0, 0.1) is 0 Å². The first-order chi connectivity index (χ1) is 8.58. The van der Waals surface area contributed by atoms with Gasteiger partial charge in [0.15, 0.2) is 0 Å². The third-order valence-electron chi connectivity index (χ3n) is 2.61. The van der Waals surface area contributed by atoms with Gasteiger partial charge in [0.2, 0.25) is 0 Å². The summed E-state index contributed by atoms with van der Waals surface area (Å²) in [4.78, 5) is 11.9. The lowest BCUT2D eigenvalue weighted by Gasteiger charge is -2.05. The highest BCUT2D eigenvalue weighted by molar-refractivity contribution is 9.10. The number of benzene rings is 1. The Morgan fingerprint density at radius 2 is 2.11 bits per heavy atom. The topological polar surface area (TPSA) is 72.9 Å². The Bertz CT molecular complexity index is 562. The van der Waals surface area contributed by atoms with Gasteiger partial charge in [-0.15, -0.1) is 0 Å². The van der Waals surface area contributed by atoms with Crippen LogP contribution in [0.15, 0.2) is 34.9 Å². The van der Waals surface area contributed by atoms with Crippen LogP contribution in [0.2, 0.25) is 0 Å². The minimum absolute atomic E-state index is 0.134. The molecule has 0 atom stereocenters. The second-order valence-electron chi connectivity index (χ2n) is 3.87. The number of hydrogen-bond donors (Lipinski definition) is 2. The summed E-state index contributed by atoms with van der Waals surface area (Å²) in [5.41, 5.74) is 7.21. The minimum atomic E-state index is -0.134. The first-order valence-corrected chi connectivity index (χ1v) is 6.17. The quantitative estimate of drug-likeness (QED) is 0.906. The zero-order valence-electron chi connectivity index (χ0n) is 9.85. The lowest BCUT2D eigenvalue weighted by molar-refractivity contribution is 0.0951. The van der Waals surface area contributed by atoms with E-state index >= 15 is 0 Å². The molecule has 0 unspecified atom stereocenters. The van der Waals surface area contributed by atoms with Crippen molar-refractivity contribution in [2.75, 3.05) is 5.73 Å². The molecule has 3 N–H and O–H groups in total. The Morgan fingerprint density at radius 3 is 2.67 bits per heavy atom. The third kappa shape index (κ3) is 2.70. The number of nitrogens with one attached hydrogen (secondary N) is 1. The molecular weight excluding hydrogens is 296 g/mol. The second kappa shape index (κ2) is 5.22. The third-order valence-corrected chi connectivity index (χ3v) is 3.14. The van der Waals surface area contributed by atoms with E-state index in [1.54, 1.807) is 30.1 Å². The highest BCUT2D eigenvalue weighted by Crippen LogP contribution is 2.11. The van der Waals surface area contributed by atoms with Crippen LogP contribution in [-0.2, 0) is 13.6 Å². The van der Waals surface area contributed by atoms with Crippen molar-refractivity contribution in [2.24, 2.45) is 7.05 Å². The first kappa shape index (κ1) is 12.6. The molecule has 94 valence electrons. The van der Waals surface area contributed by atoms with Gasteiger partial charge in [0.25, 0.3) is 5.91 Å². The number of carbonyl (C=O) groups is 1. The number of hydrogen-bond acceptors (Lipinski definition) is 3. The van der Waals surface area contributed by atoms with Crippen molar-refractivity contribution in [3.8, 4) is 0 Å². The summed E-state index contributed by atoms with van der Waals surface area (Å²) in [6.07, 6.45) is 1.65. The van der Waals surface area contributed by atoms with E-state index in [2.05, 4.69) is 26.3 Å². The smallest absolute Gasteiger partial charge is 0.251 e. The molecule has 2 rings (SSSR count). The highest BCUT2D eigenvalue weighted by atomic mass is 79.9. The van der Waals surface area contributed by atoms with Crippen LogP contribution in [0.4, 0.5) is 5.82 Å². The minimum Gasteiger partial charge on any atom is -0.384 e. The van der Waals surface area contributed by atoms with Gasteiger partial charge in [-0.05, 0) is 24.3 Å². The molecule has 1 aromatic heterocycles. The Balaban J connectivity index is 2.00. The fourth-order valence-electron chi connectivity index (χ4n) is 1.51. The molecule has 0 spiro atoms. The molecule has 0 fully saturated rings. The standard InChI is InChI=1S/C12H13BrN4O/c1-17-11(14)9(7-16-17)6-15-12(18)8-2-4-10(13)5-3-8/h2-5,7H,6,14H2,1H3,(H,15,18). The van der Waals surface area contributed by atoms with Crippen LogP contribution < -0.4 is 11.1 Å². The molecule has 6 heteroatoms. The SMILES string of the molecule is Cn1ncc(CNC(=O)c2ccc(Br)cc2)c1N. The molecule has 0 aliphatic rings. The van der Waals surface area contributed by atoms with Crippen molar-refractivity contribution in [3.05, 3.63) is 46.1 Å². The zero-order valence-corrected chi connectivity index (χ0v) is 11.4. The fourth-order valence-corrected chi connectivity index (χ4v) is 1.77. The molecule has 0 radical (unpaired) electrons. The summed E-state index contributed by atoms with van der Waals surface area (Å²) >= 11 is 3.32. The zero-order chi connectivity index (χ0) is 13.1. The normalized spacial score (nSPS) is 10.3. The van der Waals surface area contributed by atoms with Gasteiger partial charge in [0, 0.05) is 29.2 Å². The van der Waals surface area contributed by atoms with Gasteiger partial charge in [-0.3, -0.25) is 9.48 Å². The first-order valence-electron chi connectivity index (χ1n) is 5.38. The van der Waals surface area contributed by atoms with Crippen LogP contribution >= 0.6 is 15.9 Å². The highest BCUT2D eigenvalue weighted by Gasteiger charge is 2.08. The summed E-state index contributed by atoms with van der Waals surface area (Å²) in [7, 11) is 1.76. The van der Waals surface area contributed by atoms with Gasteiger partial charge in [-0.1, -0.05) is 15.9 Å². The van der Waals surface area contributed by atoms with E-state index in [4.69, 9.17) is 5.73 Å². The molecule has 0 saturated carbocycles. The molecule has 1 amide bonds. The predicted molar refractivity (Wildman–Crippen MR) is 72.9 cm³/mol. The van der Waals surface area contributed by atoms with E-state index in [-0.39, 0.29) is 5.91 Å². The van der Waals surface area contributed by atoms with E-state index in [0.717, 1.165) is 10.0 Å². The number of nitrogens with two attached hydrogens (primary N) is 1. The molecule has 18 heavy (non-hydrogen) atoms. The lowest BCUT2D eigenvalue weighted by Crippen LogP contribution is -2.23. The maximum Gasteiger partial charge on any atom is 0.251 e. The van der Waals surface area contributed by atoms with E-state index in [9.17, 15) is 4.79 Å². The number of nitrogen functional groups attached to an aromatic ring is 1. The Hall–Kier alpha value is -1.82. The van der Waals surface area contributed by atoms with Crippen LogP contribution in [0.5, 0.6) is 0 Å². The van der Waals surface area contributed by atoms with Gasteiger partial charge >= 0.3 is 0 Å². The average Bonchev–Trinajstić information content (AvgIpc) is 2.68. The Morgan fingerprint density at radius 1 is 1.44 bits per heavy atom. The van der Waals surface area contributed by atoms with Crippen molar-refractivity contribution in [2.45, 2.75) is 6.54 Å². The summed E-state index contributed by atoms with van der Waals surface area (Å²) in [6.45, 7) is 0.370. The van der Waals surface area contributed by atoms with Crippen LogP contribution in [-0.4, -0.2) is 15.7 Å². The van der Waals surface area contributed by atoms with Crippen molar-refractivity contribution >= 4 is 27.7 Å². The maximum atomic E-state index is 11.9. The van der Waals surface area contributed by atoms with E-state index < -0.39 is 0 Å². The number of halogens is 1. The van der Waals surface area contributed by atoms with E-state index in [1.165, 1.54) is 0 Å². The van der Waals surface area contributed by atoms with Crippen molar-refractivity contribution in [1.29, 1.82) is 0 Å². The lowest BCUT2D eigenvalue weighted by atomic mass is 10.2. The summed E-state index contributed by atoms with van der Waals surface area (Å²) in [5.74, 6) is 0.428. The molecule has 0 bridgehead atoms. The average molecular weight is 309 g/mol. The molecule has 0 aliphatic carbocycles. The number of amides is 1. The van der Waals surface area contributed by atoms with Crippen molar-refractivity contribution in [1.82, 2.24) is 15.1 Å². The molecular formula is C12H13BrN4O. The van der Waals surface area contributed by atoms with Gasteiger partial charge in [0.05, 0.1) is 6.20 Å². The summed E-state index contributed by atoms with van der Waals surface area (Å²) in [6, 6.07) is 7.17. The largest absolute Gasteiger partial charge is 0.384 e. The molecule has 1 aromatic carbocycles. The number of carbonyl (C=O) groups excluding carboxylic acids is 1. The molecule has 0 aliphatic heterocycles. The second-order valence-corrected chi connectivity index (χ2v) is 4.78. The Kier molecular flexibility index (Phi) is 3.66. The van der Waals surface area contributed by atoms with Crippen molar-refractivity contribution < 1.29 is 4.79 Å². The predicted octanol–water partition coefficient (Wildman–Crippen LogP) is 1.69. The van der Waals surface area contributed by atoms with Crippen LogP contribution in [0.1, 0.15) is 15.9 Å². The molecule has 5 nitrogen and oxygen atoms in total. The van der Waals surface area contributed by atoms with Gasteiger partial charge in [-0.25, -0.2) is 0 Å². The number of aryl methyl sites for hydroxylation is 1. The van der Waals surface area contributed by atoms with E-state index in [1.807, 2.05) is 12.1 Å². The van der Waals surface area contributed by atoms with Gasteiger partial charge < -0.3 is 11.1 Å². The molecule has 1 heterocycles. The molecule has 2 aromatic rings. The van der Waals surface area contributed by atoms with Crippen LogP contribution in [0.3, 0.4) is 0 Å². The van der Waals surface area contributed by atoms with Crippen molar-refractivity contribution in [3.63, 3.8) is 0 Å². The van der Waals surface area contributed by atoms with Gasteiger partial charge in [0.1, 0.15) is 5.82 Å². The summed E-state index contributed by atoms with van der Waals surface area (Å²) in [5, 5.41) is 6.81. The molecule has 0 saturated heterocycles. The number of anilines is 1.